The summed E-state index contributed by atoms with van der Waals surface area (Å²) in [6.45, 7) is 2.02. The molecule has 2 aromatic carbocycles. The zero-order chi connectivity index (χ0) is 22.1. The number of aromatic nitrogens is 1. The average Bonchev–Trinajstić information content (AvgIpc) is 3.20. The summed E-state index contributed by atoms with van der Waals surface area (Å²) in [5.41, 5.74) is 2.43. The number of para-hydroxylation sites is 2. The smallest absolute Gasteiger partial charge is 0.322 e. The van der Waals surface area contributed by atoms with Crippen molar-refractivity contribution in [3.63, 3.8) is 0 Å². The van der Waals surface area contributed by atoms with Crippen LogP contribution in [0.2, 0.25) is 0 Å². The molecule has 0 radical (unpaired) electrons. The molecule has 0 spiro atoms. The number of nitrogens with zero attached hydrogens (tertiary/aromatic N) is 2. The summed E-state index contributed by atoms with van der Waals surface area (Å²) in [5.74, 6) is 0.339. The summed E-state index contributed by atoms with van der Waals surface area (Å²) in [5, 5.41) is 2.94. The number of hydrogen-bond acceptors (Lipinski definition) is 3. The van der Waals surface area contributed by atoms with Crippen molar-refractivity contribution >= 4 is 11.7 Å². The molecule has 31 heavy (non-hydrogen) atoms. The molecule has 0 aliphatic carbocycles. The second-order valence-corrected chi connectivity index (χ2v) is 7.16. The monoisotopic (exact) mass is 425 g/mol. The Morgan fingerprint density at radius 3 is 2.71 bits per heavy atom. The Bertz CT molecular complexity index is 989. The largest absolute Gasteiger partial charge is 0.495 e. The van der Waals surface area contributed by atoms with Crippen molar-refractivity contribution in [3.05, 3.63) is 83.9 Å². The van der Waals surface area contributed by atoms with Gasteiger partial charge in [0, 0.05) is 38.7 Å². The van der Waals surface area contributed by atoms with E-state index in [1.54, 1.807) is 37.3 Å². The minimum absolute atomic E-state index is 0.223. The molecule has 164 valence electrons. The number of halogens is 1. The molecule has 3 rings (SSSR count). The number of methoxy groups -OCH3 is 2. The zero-order valence-electron chi connectivity index (χ0n) is 17.9. The first kappa shape index (κ1) is 22.4. The minimum atomic E-state index is -0.261. The number of anilines is 1. The van der Waals surface area contributed by atoms with Gasteiger partial charge in [0.05, 0.1) is 19.3 Å². The molecule has 2 amide bonds. The summed E-state index contributed by atoms with van der Waals surface area (Å²) in [4.78, 5) is 14.8. The van der Waals surface area contributed by atoms with E-state index in [1.165, 1.54) is 12.1 Å². The maximum absolute atomic E-state index is 13.6. The van der Waals surface area contributed by atoms with E-state index in [4.69, 9.17) is 9.47 Å². The molecule has 0 unspecified atom stereocenters. The topological polar surface area (TPSA) is 55.7 Å². The molecule has 7 heteroatoms. The third kappa shape index (κ3) is 6.33. The Balaban J connectivity index is 1.75. The van der Waals surface area contributed by atoms with Crippen LogP contribution in [0.25, 0.3) is 0 Å². The van der Waals surface area contributed by atoms with E-state index in [-0.39, 0.29) is 11.8 Å². The molecule has 0 aliphatic heterocycles. The van der Waals surface area contributed by atoms with Crippen molar-refractivity contribution in [1.29, 1.82) is 0 Å². The molecule has 0 atom stereocenters. The van der Waals surface area contributed by atoms with Gasteiger partial charge in [0.15, 0.2) is 0 Å². The van der Waals surface area contributed by atoms with Crippen LogP contribution in [0.15, 0.2) is 66.9 Å². The lowest BCUT2D eigenvalue weighted by Crippen LogP contribution is -2.36. The fourth-order valence-corrected chi connectivity index (χ4v) is 3.37. The van der Waals surface area contributed by atoms with Gasteiger partial charge in [-0.3, -0.25) is 0 Å². The molecule has 6 nitrogen and oxygen atoms in total. The maximum Gasteiger partial charge on any atom is 0.322 e. The summed E-state index contributed by atoms with van der Waals surface area (Å²) < 4.78 is 26.1. The van der Waals surface area contributed by atoms with Crippen LogP contribution in [0.3, 0.4) is 0 Å². The van der Waals surface area contributed by atoms with Gasteiger partial charge in [0.25, 0.3) is 0 Å². The van der Waals surface area contributed by atoms with Crippen LogP contribution in [0.1, 0.15) is 17.7 Å². The Kier molecular flexibility index (Phi) is 8.06. The highest BCUT2D eigenvalue weighted by atomic mass is 19.1. The first-order chi connectivity index (χ1) is 15.1. The van der Waals surface area contributed by atoms with Crippen LogP contribution < -0.4 is 10.1 Å². The summed E-state index contributed by atoms with van der Waals surface area (Å²) in [6.07, 6.45) is 2.64. The predicted molar refractivity (Wildman–Crippen MR) is 119 cm³/mol. The standard InChI is InChI=1S/C24H28FN3O3/c1-30-15-7-14-28(24(29)26-22-11-3-4-12-23(22)31-2)18-21-10-6-13-27(21)17-19-8-5-9-20(25)16-19/h3-6,8-13,16H,7,14-15,17-18H2,1-2H3,(H,26,29). The number of carbonyl (C=O) groups excluding carboxylic acids is 1. The summed E-state index contributed by atoms with van der Waals surface area (Å²) in [6, 6.07) is 17.5. The number of nitrogens with one attached hydrogen (secondary N) is 1. The van der Waals surface area contributed by atoms with E-state index >= 15 is 0 Å². The molecule has 3 aromatic rings. The first-order valence-electron chi connectivity index (χ1n) is 10.2. The van der Waals surface area contributed by atoms with Crippen LogP contribution >= 0.6 is 0 Å². The molecule has 1 aromatic heterocycles. The quantitative estimate of drug-likeness (QED) is 0.477. The number of carbonyl (C=O) groups is 1. The molecule has 0 saturated carbocycles. The van der Waals surface area contributed by atoms with Gasteiger partial charge in [0.1, 0.15) is 11.6 Å². The van der Waals surface area contributed by atoms with Gasteiger partial charge in [-0.1, -0.05) is 24.3 Å². The third-order valence-electron chi connectivity index (χ3n) is 4.93. The second-order valence-electron chi connectivity index (χ2n) is 7.16. The highest BCUT2D eigenvalue weighted by Gasteiger charge is 2.17. The lowest BCUT2D eigenvalue weighted by molar-refractivity contribution is 0.171. The zero-order valence-corrected chi connectivity index (χ0v) is 17.9. The van der Waals surface area contributed by atoms with Gasteiger partial charge < -0.3 is 24.3 Å². The number of rotatable bonds is 10. The van der Waals surface area contributed by atoms with Gasteiger partial charge in [-0.15, -0.1) is 0 Å². The van der Waals surface area contributed by atoms with Crippen LogP contribution in [0, 0.1) is 5.82 Å². The van der Waals surface area contributed by atoms with E-state index < -0.39 is 0 Å². The van der Waals surface area contributed by atoms with Gasteiger partial charge in [0.2, 0.25) is 0 Å². The normalized spacial score (nSPS) is 10.7. The van der Waals surface area contributed by atoms with E-state index in [9.17, 15) is 9.18 Å². The molecule has 0 saturated heterocycles. The van der Waals surface area contributed by atoms with Crippen LogP contribution in [-0.2, 0) is 17.8 Å². The predicted octanol–water partition coefficient (Wildman–Crippen LogP) is 4.75. The minimum Gasteiger partial charge on any atom is -0.495 e. The van der Waals surface area contributed by atoms with Crippen molar-refractivity contribution in [1.82, 2.24) is 9.47 Å². The number of hydrogen-bond donors (Lipinski definition) is 1. The number of amides is 2. The van der Waals surface area contributed by atoms with Crippen molar-refractivity contribution in [2.45, 2.75) is 19.5 Å². The SMILES string of the molecule is COCCCN(Cc1cccn1Cc1cccc(F)c1)C(=O)Nc1ccccc1OC. The van der Waals surface area contributed by atoms with Gasteiger partial charge >= 0.3 is 6.03 Å². The molecule has 0 fully saturated rings. The van der Waals surface area contributed by atoms with Crippen LogP contribution in [-0.4, -0.2) is 42.9 Å². The van der Waals surface area contributed by atoms with Crippen LogP contribution in [0.5, 0.6) is 5.75 Å². The second kappa shape index (κ2) is 11.2. The molecule has 0 bridgehead atoms. The van der Waals surface area contributed by atoms with Crippen LogP contribution in [0.4, 0.5) is 14.9 Å². The Labute approximate surface area is 182 Å². The summed E-state index contributed by atoms with van der Waals surface area (Å²) >= 11 is 0. The molecule has 1 N–H and O–H groups in total. The Morgan fingerprint density at radius 2 is 1.94 bits per heavy atom. The third-order valence-corrected chi connectivity index (χ3v) is 4.93. The molecule has 1 heterocycles. The highest BCUT2D eigenvalue weighted by Crippen LogP contribution is 2.23. The van der Waals surface area contributed by atoms with Gasteiger partial charge in [-0.2, -0.15) is 0 Å². The highest BCUT2D eigenvalue weighted by molar-refractivity contribution is 5.90. The molecular formula is C24H28FN3O3. The maximum atomic E-state index is 13.6. The lowest BCUT2D eigenvalue weighted by atomic mass is 10.2. The summed E-state index contributed by atoms with van der Waals surface area (Å²) in [7, 11) is 3.21. The first-order valence-corrected chi connectivity index (χ1v) is 10.2. The van der Waals surface area contributed by atoms with E-state index in [2.05, 4.69) is 5.32 Å². The Morgan fingerprint density at radius 1 is 1.10 bits per heavy atom. The van der Waals surface area contributed by atoms with Gasteiger partial charge in [-0.05, 0) is 48.4 Å². The lowest BCUT2D eigenvalue weighted by Gasteiger charge is -2.24. The number of urea groups is 1. The average molecular weight is 426 g/mol. The molecule has 0 aliphatic rings. The van der Waals surface area contributed by atoms with E-state index in [0.29, 0.717) is 44.1 Å². The molecular weight excluding hydrogens is 397 g/mol. The van der Waals surface area contributed by atoms with Crippen molar-refractivity contribution in [3.8, 4) is 5.75 Å². The number of benzene rings is 2. The fraction of sp³-hybridized carbons (Fsp3) is 0.292. The van der Waals surface area contributed by atoms with Crippen molar-refractivity contribution in [2.75, 3.05) is 32.7 Å². The number of ether oxygens (including phenoxy) is 2. The van der Waals surface area contributed by atoms with E-state index in [1.807, 2.05) is 41.1 Å². The van der Waals surface area contributed by atoms with E-state index in [0.717, 1.165) is 11.3 Å². The Hall–Kier alpha value is -3.32. The van der Waals surface area contributed by atoms with Crippen molar-refractivity contribution in [2.24, 2.45) is 0 Å². The van der Waals surface area contributed by atoms with Gasteiger partial charge in [-0.25, -0.2) is 9.18 Å². The fourth-order valence-electron chi connectivity index (χ4n) is 3.37. The van der Waals surface area contributed by atoms with Crippen molar-refractivity contribution < 1.29 is 18.7 Å².